The van der Waals surface area contributed by atoms with E-state index in [4.69, 9.17) is 0 Å². The fourth-order valence-corrected chi connectivity index (χ4v) is 2.76. The predicted octanol–water partition coefficient (Wildman–Crippen LogP) is 3.80. The van der Waals surface area contributed by atoms with E-state index in [2.05, 4.69) is 16.4 Å². The molecule has 1 heterocycles. The standard InChI is InChI=1S/C14H15N3O2S/c1-9-4-6-12(10(2)8-9)20-14-11(17(18)19)5-7-13(15-3)16-14/h4-8H,1-3H3,(H,15,16). The van der Waals surface area contributed by atoms with Crippen LogP contribution in [-0.2, 0) is 0 Å². The number of nitrogens with zero attached hydrogens (tertiary/aromatic N) is 2. The summed E-state index contributed by atoms with van der Waals surface area (Å²) in [6, 6.07) is 9.08. The fourth-order valence-electron chi connectivity index (χ4n) is 1.80. The van der Waals surface area contributed by atoms with Gasteiger partial charge >= 0.3 is 5.69 Å². The molecular weight excluding hydrogens is 274 g/mol. The third kappa shape index (κ3) is 3.08. The minimum Gasteiger partial charge on any atom is -0.373 e. The highest BCUT2D eigenvalue weighted by Crippen LogP contribution is 2.35. The predicted molar refractivity (Wildman–Crippen MR) is 80.5 cm³/mol. The lowest BCUT2D eigenvalue weighted by Crippen LogP contribution is -1.98. The minimum atomic E-state index is -0.404. The number of hydrogen-bond acceptors (Lipinski definition) is 5. The van der Waals surface area contributed by atoms with E-state index in [1.54, 1.807) is 13.1 Å². The summed E-state index contributed by atoms with van der Waals surface area (Å²) in [5.41, 5.74) is 2.27. The maximum atomic E-state index is 11.1. The van der Waals surface area contributed by atoms with Crippen molar-refractivity contribution in [3.05, 3.63) is 51.6 Å². The Labute approximate surface area is 121 Å². The summed E-state index contributed by atoms with van der Waals surface area (Å²) in [6.07, 6.45) is 0. The molecule has 6 heteroatoms. The molecule has 0 atom stereocenters. The van der Waals surface area contributed by atoms with Gasteiger partial charge in [-0.15, -0.1) is 0 Å². The van der Waals surface area contributed by atoms with Gasteiger partial charge in [0.25, 0.3) is 0 Å². The number of pyridine rings is 1. The summed E-state index contributed by atoms with van der Waals surface area (Å²) in [7, 11) is 1.74. The molecule has 0 fully saturated rings. The second-order valence-electron chi connectivity index (χ2n) is 4.40. The molecule has 1 aromatic carbocycles. The first-order chi connectivity index (χ1) is 9.51. The van der Waals surface area contributed by atoms with Gasteiger partial charge < -0.3 is 5.32 Å². The van der Waals surface area contributed by atoms with Crippen molar-refractivity contribution in [2.75, 3.05) is 12.4 Å². The minimum absolute atomic E-state index is 0.0222. The molecule has 0 aliphatic heterocycles. The van der Waals surface area contributed by atoms with E-state index in [1.807, 2.05) is 26.0 Å². The van der Waals surface area contributed by atoms with E-state index in [1.165, 1.54) is 23.4 Å². The second-order valence-corrected chi connectivity index (χ2v) is 5.43. The van der Waals surface area contributed by atoms with Crippen molar-refractivity contribution in [2.24, 2.45) is 0 Å². The van der Waals surface area contributed by atoms with Crippen LogP contribution in [0, 0.1) is 24.0 Å². The van der Waals surface area contributed by atoms with Crippen molar-refractivity contribution in [3.8, 4) is 0 Å². The third-order valence-corrected chi connectivity index (χ3v) is 4.00. The van der Waals surface area contributed by atoms with Crippen LogP contribution in [0.1, 0.15) is 11.1 Å². The molecule has 104 valence electrons. The Kier molecular flexibility index (Phi) is 4.24. The van der Waals surface area contributed by atoms with Gasteiger partial charge in [-0.1, -0.05) is 29.5 Å². The summed E-state index contributed by atoms with van der Waals surface area (Å²) in [5.74, 6) is 0.614. The van der Waals surface area contributed by atoms with Crippen LogP contribution in [0.4, 0.5) is 11.5 Å². The zero-order chi connectivity index (χ0) is 14.7. The Morgan fingerprint density at radius 2 is 2.00 bits per heavy atom. The SMILES string of the molecule is CNc1ccc([N+](=O)[O-])c(Sc2ccc(C)cc2C)n1. The first-order valence-electron chi connectivity index (χ1n) is 6.09. The molecule has 0 amide bonds. The highest BCUT2D eigenvalue weighted by Gasteiger charge is 2.17. The molecule has 2 aromatic rings. The number of benzene rings is 1. The van der Waals surface area contributed by atoms with E-state index < -0.39 is 4.92 Å². The van der Waals surface area contributed by atoms with Crippen molar-refractivity contribution in [2.45, 2.75) is 23.8 Å². The van der Waals surface area contributed by atoms with Gasteiger partial charge in [-0.3, -0.25) is 10.1 Å². The number of aromatic nitrogens is 1. The molecular formula is C14H15N3O2S. The summed E-state index contributed by atoms with van der Waals surface area (Å²) in [4.78, 5) is 15.9. The second kappa shape index (κ2) is 5.92. The van der Waals surface area contributed by atoms with Crippen LogP contribution in [-0.4, -0.2) is 17.0 Å². The van der Waals surface area contributed by atoms with Crippen LogP contribution in [0.2, 0.25) is 0 Å². The maximum absolute atomic E-state index is 11.1. The normalized spacial score (nSPS) is 10.3. The highest BCUT2D eigenvalue weighted by atomic mass is 32.2. The smallest absolute Gasteiger partial charge is 0.301 e. The lowest BCUT2D eigenvalue weighted by molar-refractivity contribution is -0.388. The van der Waals surface area contributed by atoms with Crippen LogP contribution < -0.4 is 5.32 Å². The monoisotopic (exact) mass is 289 g/mol. The van der Waals surface area contributed by atoms with Gasteiger partial charge in [0.05, 0.1) is 4.92 Å². The third-order valence-electron chi connectivity index (χ3n) is 2.83. The fraction of sp³-hybridized carbons (Fsp3) is 0.214. The van der Waals surface area contributed by atoms with E-state index >= 15 is 0 Å². The highest BCUT2D eigenvalue weighted by molar-refractivity contribution is 7.99. The molecule has 20 heavy (non-hydrogen) atoms. The summed E-state index contributed by atoms with van der Waals surface area (Å²) >= 11 is 1.31. The molecule has 2 rings (SSSR count). The molecule has 5 nitrogen and oxygen atoms in total. The van der Waals surface area contributed by atoms with Crippen LogP contribution in [0.15, 0.2) is 40.3 Å². The summed E-state index contributed by atoms with van der Waals surface area (Å²) in [6.45, 7) is 4.01. The van der Waals surface area contributed by atoms with Gasteiger partial charge in [0.2, 0.25) is 0 Å². The zero-order valence-corrected chi connectivity index (χ0v) is 12.3. The van der Waals surface area contributed by atoms with Crippen molar-refractivity contribution < 1.29 is 4.92 Å². The Balaban J connectivity index is 2.43. The number of anilines is 1. The summed E-state index contributed by atoms with van der Waals surface area (Å²) < 4.78 is 0. The Morgan fingerprint density at radius 3 is 2.60 bits per heavy atom. The van der Waals surface area contributed by atoms with Gasteiger partial charge in [0.1, 0.15) is 5.82 Å². The number of nitrogens with one attached hydrogen (secondary N) is 1. The molecule has 0 bridgehead atoms. The van der Waals surface area contributed by atoms with E-state index in [0.717, 1.165) is 10.5 Å². The molecule has 0 aliphatic carbocycles. The van der Waals surface area contributed by atoms with Crippen LogP contribution in [0.3, 0.4) is 0 Å². The van der Waals surface area contributed by atoms with Crippen LogP contribution in [0.25, 0.3) is 0 Å². The van der Waals surface area contributed by atoms with E-state index in [0.29, 0.717) is 10.8 Å². The largest absolute Gasteiger partial charge is 0.373 e. The van der Waals surface area contributed by atoms with Crippen LogP contribution in [0.5, 0.6) is 0 Å². The number of aryl methyl sites for hydroxylation is 2. The first kappa shape index (κ1) is 14.3. The Bertz CT molecular complexity index is 659. The zero-order valence-electron chi connectivity index (χ0n) is 11.5. The van der Waals surface area contributed by atoms with Crippen molar-refractivity contribution in [1.82, 2.24) is 4.98 Å². The Morgan fingerprint density at radius 1 is 1.25 bits per heavy atom. The van der Waals surface area contributed by atoms with Crippen molar-refractivity contribution in [1.29, 1.82) is 0 Å². The quantitative estimate of drug-likeness (QED) is 0.685. The first-order valence-corrected chi connectivity index (χ1v) is 6.91. The average molecular weight is 289 g/mol. The van der Waals surface area contributed by atoms with Gasteiger partial charge in [0, 0.05) is 18.0 Å². The lowest BCUT2D eigenvalue weighted by atomic mass is 10.2. The summed E-state index contributed by atoms with van der Waals surface area (Å²) in [5, 5.41) is 14.4. The molecule has 0 aliphatic rings. The number of rotatable bonds is 4. The number of hydrogen-bond donors (Lipinski definition) is 1. The number of nitro groups is 1. The molecule has 0 saturated heterocycles. The maximum Gasteiger partial charge on any atom is 0.301 e. The van der Waals surface area contributed by atoms with Crippen molar-refractivity contribution >= 4 is 23.3 Å². The van der Waals surface area contributed by atoms with Gasteiger partial charge in [-0.25, -0.2) is 4.98 Å². The van der Waals surface area contributed by atoms with Gasteiger partial charge in [0.15, 0.2) is 5.03 Å². The van der Waals surface area contributed by atoms with E-state index in [9.17, 15) is 10.1 Å². The molecule has 1 N–H and O–H groups in total. The molecule has 1 aromatic heterocycles. The van der Waals surface area contributed by atoms with Crippen molar-refractivity contribution in [3.63, 3.8) is 0 Å². The Hall–Kier alpha value is -2.08. The lowest BCUT2D eigenvalue weighted by Gasteiger charge is -2.08. The molecule has 0 saturated carbocycles. The molecule has 0 radical (unpaired) electrons. The van der Waals surface area contributed by atoms with E-state index in [-0.39, 0.29) is 5.69 Å². The molecule has 0 unspecified atom stereocenters. The average Bonchev–Trinajstić information content (AvgIpc) is 2.41. The van der Waals surface area contributed by atoms with Gasteiger partial charge in [-0.2, -0.15) is 0 Å². The topological polar surface area (TPSA) is 68.1 Å². The van der Waals surface area contributed by atoms with Crippen LogP contribution >= 0.6 is 11.8 Å². The molecule has 0 spiro atoms. The van der Waals surface area contributed by atoms with Gasteiger partial charge in [-0.05, 0) is 31.5 Å².